The molecule has 118 valence electrons. The van der Waals surface area contributed by atoms with Gasteiger partial charge in [-0.3, -0.25) is 4.79 Å². The number of carbonyl (C=O) groups excluding carboxylic acids is 1. The van der Waals surface area contributed by atoms with Crippen molar-refractivity contribution in [2.24, 2.45) is 0 Å². The van der Waals surface area contributed by atoms with E-state index in [1.807, 2.05) is 37.2 Å². The van der Waals surface area contributed by atoms with Crippen molar-refractivity contribution in [2.45, 2.75) is 6.42 Å². The molecular formula is C15H22Br2N2O2. The quantitative estimate of drug-likeness (QED) is 0.645. The number of rotatable bonds is 8. The first-order chi connectivity index (χ1) is 9.95. The normalized spacial score (nSPS) is 11.0. The van der Waals surface area contributed by atoms with Crippen LogP contribution >= 0.6 is 31.9 Å². The highest BCUT2D eigenvalue weighted by atomic mass is 79.9. The molecule has 1 aromatic carbocycles. The van der Waals surface area contributed by atoms with Crippen LogP contribution in [-0.4, -0.2) is 63.2 Å². The van der Waals surface area contributed by atoms with Gasteiger partial charge in [-0.25, -0.2) is 0 Å². The van der Waals surface area contributed by atoms with Crippen molar-refractivity contribution in [3.63, 3.8) is 0 Å². The maximum Gasteiger partial charge on any atom is 0.255 e. The van der Waals surface area contributed by atoms with E-state index in [2.05, 4.69) is 36.8 Å². The fourth-order valence-electron chi connectivity index (χ4n) is 1.93. The minimum absolute atomic E-state index is 0.0268. The number of amides is 1. The molecule has 0 bridgehead atoms. The van der Waals surface area contributed by atoms with Crippen LogP contribution in [0.2, 0.25) is 0 Å². The number of nitrogens with zero attached hydrogens (tertiary/aromatic N) is 2. The lowest BCUT2D eigenvalue weighted by molar-refractivity contribution is 0.0688. The van der Waals surface area contributed by atoms with Gasteiger partial charge in [0, 0.05) is 29.1 Å². The lowest BCUT2D eigenvalue weighted by Crippen LogP contribution is -2.36. The van der Waals surface area contributed by atoms with E-state index in [-0.39, 0.29) is 5.91 Å². The van der Waals surface area contributed by atoms with Gasteiger partial charge >= 0.3 is 0 Å². The third-order valence-electron chi connectivity index (χ3n) is 3.04. The number of ether oxygens (including phenoxy) is 1. The van der Waals surface area contributed by atoms with Crippen LogP contribution in [0.5, 0.6) is 0 Å². The molecule has 0 aliphatic carbocycles. The molecule has 1 aromatic rings. The van der Waals surface area contributed by atoms with Gasteiger partial charge in [-0.2, -0.15) is 0 Å². The fraction of sp³-hybridized carbons (Fsp3) is 0.533. The van der Waals surface area contributed by atoms with Crippen LogP contribution in [0, 0.1) is 0 Å². The molecule has 0 aliphatic rings. The second-order valence-corrected chi connectivity index (χ2v) is 6.84. The summed E-state index contributed by atoms with van der Waals surface area (Å²) in [4.78, 5) is 16.7. The number of benzene rings is 1. The Kier molecular flexibility index (Phi) is 8.48. The summed E-state index contributed by atoms with van der Waals surface area (Å²) in [6, 6.07) is 5.64. The van der Waals surface area contributed by atoms with Gasteiger partial charge in [0.1, 0.15) is 0 Å². The average molecular weight is 422 g/mol. The summed E-state index contributed by atoms with van der Waals surface area (Å²) >= 11 is 6.87. The Labute approximate surface area is 143 Å². The summed E-state index contributed by atoms with van der Waals surface area (Å²) < 4.78 is 6.82. The molecule has 0 fully saturated rings. The first kappa shape index (κ1) is 18.6. The van der Waals surface area contributed by atoms with Crippen molar-refractivity contribution in [1.29, 1.82) is 0 Å². The van der Waals surface area contributed by atoms with E-state index in [1.54, 1.807) is 7.11 Å². The summed E-state index contributed by atoms with van der Waals surface area (Å²) in [6.45, 7) is 2.82. The molecule has 21 heavy (non-hydrogen) atoms. The molecule has 0 N–H and O–H groups in total. The summed E-state index contributed by atoms with van der Waals surface area (Å²) in [5.74, 6) is 0.0268. The molecule has 0 radical (unpaired) electrons. The van der Waals surface area contributed by atoms with Crippen molar-refractivity contribution < 1.29 is 9.53 Å². The highest BCUT2D eigenvalue weighted by molar-refractivity contribution is 9.11. The summed E-state index contributed by atoms with van der Waals surface area (Å²) in [7, 11) is 5.72. The number of carbonyl (C=O) groups is 1. The summed E-state index contributed by atoms with van der Waals surface area (Å²) in [5.41, 5.74) is 0.672. The number of hydrogen-bond acceptors (Lipinski definition) is 3. The molecular weight excluding hydrogens is 400 g/mol. The SMILES string of the molecule is COCCN(CCCN(C)C)C(=O)c1cc(Br)ccc1Br. The zero-order valence-electron chi connectivity index (χ0n) is 12.7. The Morgan fingerprint density at radius 2 is 1.90 bits per heavy atom. The molecule has 0 saturated carbocycles. The van der Waals surface area contributed by atoms with Crippen molar-refractivity contribution in [1.82, 2.24) is 9.80 Å². The number of methoxy groups -OCH3 is 1. The van der Waals surface area contributed by atoms with Crippen molar-refractivity contribution in [3.05, 3.63) is 32.7 Å². The molecule has 0 aliphatic heterocycles. The minimum atomic E-state index is 0.0268. The monoisotopic (exact) mass is 420 g/mol. The zero-order valence-corrected chi connectivity index (χ0v) is 15.9. The van der Waals surface area contributed by atoms with Crippen molar-refractivity contribution >= 4 is 37.8 Å². The minimum Gasteiger partial charge on any atom is -0.383 e. The molecule has 0 unspecified atom stereocenters. The molecule has 1 amide bonds. The third-order valence-corrected chi connectivity index (χ3v) is 4.23. The topological polar surface area (TPSA) is 32.8 Å². The van der Waals surface area contributed by atoms with E-state index >= 15 is 0 Å². The number of hydrogen-bond donors (Lipinski definition) is 0. The molecule has 4 nitrogen and oxygen atoms in total. The van der Waals surface area contributed by atoms with E-state index in [0.29, 0.717) is 18.7 Å². The zero-order chi connectivity index (χ0) is 15.8. The van der Waals surface area contributed by atoms with Gasteiger partial charge in [0.15, 0.2) is 0 Å². The van der Waals surface area contributed by atoms with Gasteiger partial charge in [0.2, 0.25) is 0 Å². The van der Waals surface area contributed by atoms with Crippen LogP contribution < -0.4 is 0 Å². The van der Waals surface area contributed by atoms with E-state index < -0.39 is 0 Å². The predicted octanol–water partition coefficient (Wildman–Crippen LogP) is 3.25. The second kappa shape index (κ2) is 9.56. The summed E-state index contributed by atoms with van der Waals surface area (Å²) in [5, 5.41) is 0. The van der Waals surface area contributed by atoms with Crippen molar-refractivity contribution in [3.8, 4) is 0 Å². The van der Waals surface area contributed by atoms with Gasteiger partial charge in [-0.05, 0) is 61.2 Å². The van der Waals surface area contributed by atoms with Crippen LogP contribution in [0.4, 0.5) is 0 Å². The molecule has 0 spiro atoms. The van der Waals surface area contributed by atoms with Crippen LogP contribution in [0.1, 0.15) is 16.8 Å². The summed E-state index contributed by atoms with van der Waals surface area (Å²) in [6.07, 6.45) is 0.939. The van der Waals surface area contributed by atoms with E-state index in [9.17, 15) is 4.79 Å². The van der Waals surface area contributed by atoms with Crippen LogP contribution in [0.15, 0.2) is 27.1 Å². The van der Waals surface area contributed by atoms with Crippen LogP contribution in [0.25, 0.3) is 0 Å². The fourth-order valence-corrected chi connectivity index (χ4v) is 2.70. The number of halogens is 2. The third kappa shape index (κ3) is 6.46. The standard InChI is InChI=1S/C15H22Br2N2O2/c1-18(2)7-4-8-19(9-10-21-3)15(20)13-11-12(16)5-6-14(13)17/h5-6,11H,4,7-10H2,1-3H3. The van der Waals surface area contributed by atoms with Gasteiger partial charge < -0.3 is 14.5 Å². The molecule has 0 aromatic heterocycles. The molecule has 0 atom stereocenters. The Hall–Kier alpha value is -0.430. The first-order valence-corrected chi connectivity index (χ1v) is 8.42. The maximum atomic E-state index is 12.7. The highest BCUT2D eigenvalue weighted by Gasteiger charge is 2.18. The lowest BCUT2D eigenvalue weighted by Gasteiger charge is -2.24. The highest BCUT2D eigenvalue weighted by Crippen LogP contribution is 2.23. The molecule has 0 saturated heterocycles. The molecule has 0 heterocycles. The van der Waals surface area contributed by atoms with Crippen LogP contribution in [-0.2, 0) is 4.74 Å². The van der Waals surface area contributed by atoms with Crippen LogP contribution in [0.3, 0.4) is 0 Å². The Morgan fingerprint density at radius 1 is 1.19 bits per heavy atom. The van der Waals surface area contributed by atoms with E-state index in [0.717, 1.165) is 28.5 Å². The lowest BCUT2D eigenvalue weighted by atomic mass is 10.2. The Bertz CT molecular complexity index is 467. The largest absolute Gasteiger partial charge is 0.383 e. The van der Waals surface area contributed by atoms with Gasteiger partial charge in [-0.15, -0.1) is 0 Å². The van der Waals surface area contributed by atoms with Gasteiger partial charge in [0.05, 0.1) is 12.2 Å². The maximum absolute atomic E-state index is 12.7. The first-order valence-electron chi connectivity index (χ1n) is 6.83. The van der Waals surface area contributed by atoms with Gasteiger partial charge in [0.25, 0.3) is 5.91 Å². The van der Waals surface area contributed by atoms with E-state index in [4.69, 9.17) is 4.74 Å². The molecule has 6 heteroatoms. The second-order valence-electron chi connectivity index (χ2n) is 5.07. The Morgan fingerprint density at radius 3 is 2.52 bits per heavy atom. The predicted molar refractivity (Wildman–Crippen MR) is 92.8 cm³/mol. The van der Waals surface area contributed by atoms with Gasteiger partial charge in [-0.1, -0.05) is 15.9 Å². The average Bonchev–Trinajstić information content (AvgIpc) is 2.44. The Balaban J connectivity index is 2.80. The smallest absolute Gasteiger partial charge is 0.255 e. The van der Waals surface area contributed by atoms with Crippen molar-refractivity contribution in [2.75, 3.05) is 47.4 Å². The van der Waals surface area contributed by atoms with E-state index in [1.165, 1.54) is 0 Å². The molecule has 1 rings (SSSR count).